The van der Waals surface area contributed by atoms with Gasteiger partial charge in [0.05, 0.1) is 6.61 Å². The van der Waals surface area contributed by atoms with Crippen LogP contribution in [0.4, 0.5) is 0 Å². The number of aromatic nitrogens is 1. The van der Waals surface area contributed by atoms with Gasteiger partial charge in [-0.25, -0.2) is 0 Å². The van der Waals surface area contributed by atoms with Gasteiger partial charge in [0.1, 0.15) is 5.75 Å². The number of nitrogens with zero attached hydrogens (tertiary/aromatic N) is 1. The van der Waals surface area contributed by atoms with E-state index in [4.69, 9.17) is 4.74 Å². The summed E-state index contributed by atoms with van der Waals surface area (Å²) in [6, 6.07) is 12.9. The van der Waals surface area contributed by atoms with Crippen molar-refractivity contribution in [3.63, 3.8) is 0 Å². The second-order valence-corrected chi connectivity index (χ2v) is 6.46. The number of hydrogen-bond acceptors (Lipinski definition) is 2. The molecule has 2 heteroatoms. The van der Waals surface area contributed by atoms with Crippen molar-refractivity contribution in [2.24, 2.45) is 0 Å². The molecule has 0 bridgehead atoms. The van der Waals surface area contributed by atoms with Crippen LogP contribution >= 0.6 is 0 Å². The Labute approximate surface area is 147 Å². The number of ether oxygens (including phenoxy) is 1. The number of unbranched alkanes of at least 4 members (excludes halogenated alkanes) is 3. The summed E-state index contributed by atoms with van der Waals surface area (Å²) in [5.74, 6) is 0.977. The maximum absolute atomic E-state index is 5.71. The molecular weight excluding hydrogens is 294 g/mol. The van der Waals surface area contributed by atoms with Crippen molar-refractivity contribution in [2.45, 2.75) is 65.2 Å². The smallest absolute Gasteiger partial charge is 0.119 e. The molecule has 0 N–H and O–H groups in total. The van der Waals surface area contributed by atoms with Crippen LogP contribution in [0.5, 0.6) is 5.75 Å². The third-order valence-electron chi connectivity index (χ3n) is 4.31. The van der Waals surface area contributed by atoms with Crippen LogP contribution in [0, 0.1) is 0 Å². The van der Waals surface area contributed by atoms with E-state index in [1.165, 1.54) is 42.5 Å². The van der Waals surface area contributed by atoms with Gasteiger partial charge in [-0.2, -0.15) is 0 Å². The zero-order valence-electron chi connectivity index (χ0n) is 15.3. The van der Waals surface area contributed by atoms with E-state index >= 15 is 0 Å². The Morgan fingerprint density at radius 2 is 1.46 bits per heavy atom. The summed E-state index contributed by atoms with van der Waals surface area (Å²) < 4.78 is 5.71. The molecule has 0 saturated carbocycles. The minimum Gasteiger partial charge on any atom is -0.494 e. The Hall–Kier alpha value is -1.83. The molecule has 0 amide bonds. The summed E-state index contributed by atoms with van der Waals surface area (Å²) in [5, 5.41) is 0. The van der Waals surface area contributed by atoms with E-state index in [0.717, 1.165) is 38.0 Å². The number of benzene rings is 1. The SMILES string of the molecule is CCCCCc1ccc(CCc2ccc(OCCCC)cc2)cn1. The fourth-order valence-electron chi connectivity index (χ4n) is 2.68. The quantitative estimate of drug-likeness (QED) is 0.489. The van der Waals surface area contributed by atoms with E-state index < -0.39 is 0 Å². The van der Waals surface area contributed by atoms with Crippen LogP contribution in [-0.2, 0) is 19.3 Å². The number of aryl methyl sites for hydroxylation is 3. The average Bonchev–Trinajstić information content (AvgIpc) is 2.63. The lowest BCUT2D eigenvalue weighted by molar-refractivity contribution is 0.309. The van der Waals surface area contributed by atoms with Crippen molar-refractivity contribution in [3.05, 3.63) is 59.4 Å². The molecular formula is C22H31NO. The van der Waals surface area contributed by atoms with E-state index in [-0.39, 0.29) is 0 Å². The Morgan fingerprint density at radius 3 is 2.12 bits per heavy atom. The van der Waals surface area contributed by atoms with Crippen molar-refractivity contribution in [3.8, 4) is 5.75 Å². The molecule has 130 valence electrons. The summed E-state index contributed by atoms with van der Waals surface area (Å²) in [6.45, 7) is 5.23. The topological polar surface area (TPSA) is 22.1 Å². The maximum atomic E-state index is 5.71. The predicted octanol–water partition coefficient (Wildman–Crippen LogP) is 5.78. The van der Waals surface area contributed by atoms with Crippen molar-refractivity contribution in [1.82, 2.24) is 4.98 Å². The average molecular weight is 325 g/mol. The molecule has 1 aromatic carbocycles. The molecule has 0 aliphatic carbocycles. The summed E-state index contributed by atoms with van der Waals surface area (Å²) in [5.41, 5.74) is 3.89. The number of pyridine rings is 1. The second kappa shape index (κ2) is 10.9. The van der Waals surface area contributed by atoms with Gasteiger partial charge in [0.15, 0.2) is 0 Å². The molecule has 1 heterocycles. The van der Waals surface area contributed by atoms with Crippen LogP contribution in [0.3, 0.4) is 0 Å². The standard InChI is InChI=1S/C22H31NO/c1-3-5-7-8-21-14-11-20(18-23-21)10-9-19-12-15-22(16-13-19)24-17-6-4-2/h11-16,18H,3-10,17H2,1-2H3. The highest BCUT2D eigenvalue weighted by Crippen LogP contribution is 2.15. The van der Waals surface area contributed by atoms with Gasteiger partial charge in [-0.1, -0.05) is 51.3 Å². The summed E-state index contributed by atoms with van der Waals surface area (Å²) in [6.07, 6.45) is 11.3. The Balaban J connectivity index is 1.76. The van der Waals surface area contributed by atoms with Gasteiger partial charge in [-0.05, 0) is 61.4 Å². The van der Waals surface area contributed by atoms with Crippen LogP contribution in [0.15, 0.2) is 42.6 Å². The van der Waals surface area contributed by atoms with Crippen LogP contribution in [0.2, 0.25) is 0 Å². The molecule has 2 aromatic rings. The molecule has 0 fully saturated rings. The van der Waals surface area contributed by atoms with Crippen LogP contribution < -0.4 is 4.74 Å². The molecule has 24 heavy (non-hydrogen) atoms. The largest absolute Gasteiger partial charge is 0.494 e. The molecule has 2 rings (SSSR count). The monoisotopic (exact) mass is 325 g/mol. The van der Waals surface area contributed by atoms with Gasteiger partial charge >= 0.3 is 0 Å². The minimum absolute atomic E-state index is 0.812. The highest BCUT2D eigenvalue weighted by atomic mass is 16.5. The third kappa shape index (κ3) is 6.74. The summed E-state index contributed by atoms with van der Waals surface area (Å²) in [7, 11) is 0. The highest BCUT2D eigenvalue weighted by Gasteiger charge is 2.00. The summed E-state index contributed by atoms with van der Waals surface area (Å²) in [4.78, 5) is 4.60. The lowest BCUT2D eigenvalue weighted by Gasteiger charge is -2.07. The minimum atomic E-state index is 0.812. The Bertz CT molecular complexity index is 506. The van der Waals surface area contributed by atoms with Gasteiger partial charge in [-0.15, -0.1) is 0 Å². The number of rotatable bonds is 11. The van der Waals surface area contributed by atoms with Crippen molar-refractivity contribution >= 4 is 0 Å². The third-order valence-corrected chi connectivity index (χ3v) is 4.31. The molecule has 2 nitrogen and oxygen atoms in total. The zero-order chi connectivity index (χ0) is 17.0. The van der Waals surface area contributed by atoms with E-state index in [0.29, 0.717) is 0 Å². The molecule has 0 atom stereocenters. The molecule has 0 spiro atoms. The zero-order valence-corrected chi connectivity index (χ0v) is 15.3. The van der Waals surface area contributed by atoms with Gasteiger partial charge in [0.25, 0.3) is 0 Å². The van der Waals surface area contributed by atoms with Crippen molar-refractivity contribution in [1.29, 1.82) is 0 Å². The van der Waals surface area contributed by atoms with E-state index in [9.17, 15) is 0 Å². The first-order valence-corrected chi connectivity index (χ1v) is 9.47. The first-order valence-electron chi connectivity index (χ1n) is 9.47. The Morgan fingerprint density at radius 1 is 0.750 bits per heavy atom. The fourth-order valence-corrected chi connectivity index (χ4v) is 2.68. The summed E-state index contributed by atoms with van der Waals surface area (Å²) >= 11 is 0. The molecule has 0 aliphatic heterocycles. The van der Waals surface area contributed by atoms with Gasteiger partial charge in [0.2, 0.25) is 0 Å². The van der Waals surface area contributed by atoms with Crippen molar-refractivity contribution < 1.29 is 4.74 Å². The molecule has 0 unspecified atom stereocenters. The predicted molar refractivity (Wildman–Crippen MR) is 102 cm³/mol. The Kier molecular flexibility index (Phi) is 8.37. The van der Waals surface area contributed by atoms with Gasteiger partial charge < -0.3 is 4.74 Å². The normalized spacial score (nSPS) is 10.8. The first kappa shape index (κ1) is 18.5. The molecule has 0 saturated heterocycles. The van der Waals surface area contributed by atoms with E-state index in [2.05, 4.69) is 55.2 Å². The first-order chi connectivity index (χ1) is 11.8. The number of hydrogen-bond donors (Lipinski definition) is 0. The fraction of sp³-hybridized carbons (Fsp3) is 0.500. The van der Waals surface area contributed by atoms with Crippen LogP contribution in [0.25, 0.3) is 0 Å². The van der Waals surface area contributed by atoms with Gasteiger partial charge in [0, 0.05) is 11.9 Å². The van der Waals surface area contributed by atoms with Crippen molar-refractivity contribution in [2.75, 3.05) is 6.61 Å². The van der Waals surface area contributed by atoms with Gasteiger partial charge in [-0.3, -0.25) is 4.98 Å². The van der Waals surface area contributed by atoms with E-state index in [1.54, 1.807) is 0 Å². The van der Waals surface area contributed by atoms with Crippen LogP contribution in [-0.4, -0.2) is 11.6 Å². The maximum Gasteiger partial charge on any atom is 0.119 e. The van der Waals surface area contributed by atoms with Crippen LogP contribution in [0.1, 0.15) is 62.8 Å². The molecule has 0 radical (unpaired) electrons. The van der Waals surface area contributed by atoms with E-state index in [1.807, 2.05) is 6.20 Å². The molecule has 1 aromatic heterocycles. The lowest BCUT2D eigenvalue weighted by Crippen LogP contribution is -1.97. The second-order valence-electron chi connectivity index (χ2n) is 6.46. The highest BCUT2D eigenvalue weighted by molar-refractivity contribution is 5.28. The molecule has 0 aliphatic rings. The lowest BCUT2D eigenvalue weighted by atomic mass is 10.0.